The molecule has 0 saturated carbocycles. The lowest BCUT2D eigenvalue weighted by Gasteiger charge is -2.16. The van der Waals surface area contributed by atoms with Crippen molar-refractivity contribution in [2.45, 2.75) is 113 Å². The number of amidine groups is 3. The molecule has 15 N–H and O–H groups in total. The van der Waals surface area contributed by atoms with Crippen LogP contribution in [0.15, 0.2) is 96.2 Å². The third-order valence-corrected chi connectivity index (χ3v) is 21.1. The molecule has 0 fully saturated rings. The Balaban J connectivity index is 0.000000174. The zero-order valence-corrected chi connectivity index (χ0v) is 65.4. The van der Waals surface area contributed by atoms with Crippen LogP contribution in [0.1, 0.15) is 143 Å². The van der Waals surface area contributed by atoms with Crippen LogP contribution < -0.4 is 74.9 Å². The number of aromatic nitrogens is 12. The van der Waals surface area contributed by atoms with Gasteiger partial charge in [0.1, 0.15) is 80.9 Å². The van der Waals surface area contributed by atoms with E-state index in [4.69, 9.17) is 26.7 Å². The van der Waals surface area contributed by atoms with Gasteiger partial charge in [0.25, 0.3) is 34.4 Å². The number of thiazole rings is 3. The molecule has 11 aromatic rings. The number of H-pyrrole nitrogens is 4. The van der Waals surface area contributed by atoms with Gasteiger partial charge in [-0.25, -0.2) is 29.9 Å². The minimum Gasteiger partial charge on any atom is -0.494 e. The van der Waals surface area contributed by atoms with Gasteiger partial charge in [0.05, 0.1) is 65.6 Å². The van der Waals surface area contributed by atoms with Crippen LogP contribution in [0.3, 0.4) is 0 Å². The van der Waals surface area contributed by atoms with E-state index in [2.05, 4.69) is 97.4 Å². The Morgan fingerprint density at radius 1 is 0.725 bits per heavy atom. The maximum atomic E-state index is 13.7. The van der Waals surface area contributed by atoms with Crippen molar-refractivity contribution in [2.24, 2.45) is 32.2 Å². The van der Waals surface area contributed by atoms with Crippen LogP contribution in [0.4, 0.5) is 41.9 Å². The Hall–Kier alpha value is -11.8. The fourth-order valence-electron chi connectivity index (χ4n) is 10.7. The molecule has 41 heteroatoms. The summed E-state index contributed by atoms with van der Waals surface area (Å²) in [6.07, 6.45) is 7.75. The highest BCUT2D eigenvalue weighted by atomic mass is 32.1. The van der Waals surface area contributed by atoms with Crippen molar-refractivity contribution in [1.29, 1.82) is 0 Å². The number of esters is 1. The molecule has 1 aliphatic heterocycles. The first kappa shape index (κ1) is 79.8. The number of aromatic amines is 4. The van der Waals surface area contributed by atoms with Gasteiger partial charge in [-0.1, -0.05) is 67.4 Å². The van der Waals surface area contributed by atoms with E-state index in [0.29, 0.717) is 128 Å². The molecule has 1 aliphatic rings. The second-order valence-electron chi connectivity index (χ2n) is 24.2. The van der Waals surface area contributed by atoms with Crippen molar-refractivity contribution in [2.75, 3.05) is 46.4 Å². The Morgan fingerprint density at radius 2 is 1.30 bits per heavy atom. The summed E-state index contributed by atoms with van der Waals surface area (Å²) in [6.45, 7) is 25.4. The van der Waals surface area contributed by atoms with Gasteiger partial charge in [-0.2, -0.15) is 0 Å². The number of carbonyl (C=O) groups is 5. The van der Waals surface area contributed by atoms with Crippen LogP contribution >= 0.6 is 68.6 Å². The van der Waals surface area contributed by atoms with Gasteiger partial charge in [0.15, 0.2) is 27.0 Å². The predicted octanol–water partition coefficient (Wildman–Crippen LogP) is 8.50. The number of pyridine rings is 2. The molecule has 2 amide bonds. The van der Waals surface area contributed by atoms with Crippen LogP contribution in [-0.2, 0) is 28.9 Å². The number of nitrogens with zero attached hydrogens (tertiary/aromatic N) is 12. The third kappa shape index (κ3) is 17.9. The number of aliphatic hydroxyl groups is 1. The number of nitrogens with two attached hydrogens (primary N) is 3. The number of aliphatic imine (C=N–C) groups is 3. The lowest BCUT2D eigenvalue weighted by Crippen LogP contribution is -2.32. The summed E-state index contributed by atoms with van der Waals surface area (Å²) in [7, 11) is 1.44. The molecular formula is C68H75N23O12S6. The zero-order chi connectivity index (χ0) is 79.0. The van der Waals surface area contributed by atoms with Gasteiger partial charge in [0, 0.05) is 63.1 Å². The molecule has 35 nitrogen and oxygen atoms in total. The zero-order valence-electron chi connectivity index (χ0n) is 60.5. The standard InChI is InChI=1S/C25H30N8O3S2.C22H21N7O5S2.C21H24N8O4S2/c1-6-13(34)11-27-20(26)17-22(35)32-38-23(17)31-25-30-15(8-3)19(37-25)24(36)33-10-9-16-18(33)14(7-2)28-21(29-16)12(4)5;1-5-10(2)25-18(23)16-19(31)28-36-20(16)27-22-24-9-14(35-22)21(32)29-7-6-12-17(29)13(33-4)8-15(26-12)34-11(3)30;1-8(2)23-17(22)14-18(32)28-35-19(14)27-21-24-9(3)16(34-21)20(33)29-6-5-11-15(29)12(31)7-13(26-11)25-10(4)30/h9-10,13,34H,4,6-8,11H2,1-3,5H3,(H2,26,27)(H,30,31)(H,32,35);5-10H,1H2,2-4H3,(H2,23,25)(H,24,27)(H,28,31);7-8H,5-6H2,1-4H3,(H2,22,23)(H,24,27)(H,28,32)(H2,25,26,30,31). The quantitative estimate of drug-likeness (QED) is 0.0117. The number of rotatable bonds is 24. The first-order valence-corrected chi connectivity index (χ1v) is 38.2. The summed E-state index contributed by atoms with van der Waals surface area (Å²) in [5.41, 5.74) is 22.8. The van der Waals surface area contributed by atoms with Crippen LogP contribution in [0, 0.1) is 6.92 Å². The smallest absolute Gasteiger partial charge is 0.309 e. The molecule has 0 bridgehead atoms. The summed E-state index contributed by atoms with van der Waals surface area (Å²) >= 11 is 6.55. The maximum Gasteiger partial charge on any atom is 0.309 e. The van der Waals surface area contributed by atoms with Crippen molar-refractivity contribution < 1.29 is 38.6 Å². The van der Waals surface area contributed by atoms with Crippen molar-refractivity contribution in [1.82, 2.24) is 57.1 Å². The van der Waals surface area contributed by atoms with Crippen molar-refractivity contribution in [3.8, 4) is 11.6 Å². The Labute approximate surface area is 643 Å². The number of anilines is 8. The normalized spacial score (nSPS) is 12.8. The number of ether oxygens (including phenoxy) is 2. The molecular weight excluding hydrogens is 1520 g/mol. The minimum absolute atomic E-state index is 0.0195. The number of nitrogens with one attached hydrogen (secondary N) is 8. The van der Waals surface area contributed by atoms with E-state index in [-0.39, 0.29) is 110 Å². The number of allylic oxidation sites excluding steroid dienone is 1. The van der Waals surface area contributed by atoms with E-state index in [1.54, 1.807) is 49.0 Å². The van der Waals surface area contributed by atoms with E-state index in [1.165, 1.54) is 60.1 Å². The summed E-state index contributed by atoms with van der Waals surface area (Å²) in [5.74, 6) is -0.380. The van der Waals surface area contributed by atoms with E-state index in [0.717, 1.165) is 68.5 Å². The van der Waals surface area contributed by atoms with Gasteiger partial charge in [-0.3, -0.25) is 80.4 Å². The molecule has 0 aliphatic carbocycles. The van der Waals surface area contributed by atoms with Crippen LogP contribution in [0.25, 0.3) is 27.6 Å². The van der Waals surface area contributed by atoms with Crippen LogP contribution in [0.5, 0.6) is 11.6 Å². The van der Waals surface area contributed by atoms with E-state index in [1.807, 2.05) is 41.5 Å². The van der Waals surface area contributed by atoms with E-state index in [9.17, 15) is 48.3 Å². The summed E-state index contributed by atoms with van der Waals surface area (Å²) in [5, 5.41) is 24.1. The van der Waals surface area contributed by atoms with Crippen molar-refractivity contribution in [3.05, 3.63) is 163 Å². The average molecular weight is 1600 g/mol. The molecule has 12 heterocycles. The highest BCUT2D eigenvalue weighted by molar-refractivity contribution is 7.19. The monoisotopic (exact) mass is 1600 g/mol. The molecule has 570 valence electrons. The topological polar surface area (TPSA) is 509 Å². The van der Waals surface area contributed by atoms with Crippen LogP contribution in [-0.4, -0.2) is 148 Å². The Kier molecular flexibility index (Phi) is 25.2. The van der Waals surface area contributed by atoms with E-state index < -0.39 is 17.6 Å². The largest absolute Gasteiger partial charge is 0.494 e. The molecule has 2 atom stereocenters. The first-order chi connectivity index (χ1) is 51.9. The lowest BCUT2D eigenvalue weighted by molar-refractivity contribution is -0.132. The number of fused-ring (bicyclic) bond motifs is 3. The molecule has 11 aromatic heterocycles. The van der Waals surface area contributed by atoms with Crippen molar-refractivity contribution in [3.63, 3.8) is 0 Å². The number of aliphatic hydroxyl groups excluding tert-OH is 1. The molecule has 0 spiro atoms. The van der Waals surface area contributed by atoms with Crippen molar-refractivity contribution >= 4 is 185 Å². The summed E-state index contributed by atoms with van der Waals surface area (Å²) in [4.78, 5) is 158. The van der Waals surface area contributed by atoms with Gasteiger partial charge in [0.2, 0.25) is 17.2 Å². The number of methoxy groups -OCH3 is 1. The number of amides is 2. The Morgan fingerprint density at radius 3 is 1.87 bits per heavy atom. The molecule has 2 unspecified atom stereocenters. The molecule has 0 saturated heterocycles. The second kappa shape index (κ2) is 34.4. The summed E-state index contributed by atoms with van der Waals surface area (Å²) in [6, 6.07) is 5.74. The van der Waals surface area contributed by atoms with Gasteiger partial charge < -0.3 is 62.9 Å². The first-order valence-electron chi connectivity index (χ1n) is 33.3. The van der Waals surface area contributed by atoms with E-state index >= 15 is 0 Å². The maximum absolute atomic E-state index is 13.7. The molecule has 0 aromatic carbocycles. The third-order valence-electron chi connectivity index (χ3n) is 15.8. The predicted molar refractivity (Wildman–Crippen MR) is 429 cm³/mol. The molecule has 12 rings (SSSR count). The molecule has 0 radical (unpaired) electrons. The van der Waals surface area contributed by atoms with Gasteiger partial charge in [-0.15, -0.1) is 6.58 Å². The fourth-order valence-corrected chi connectivity index (χ4v) is 15.8. The summed E-state index contributed by atoms with van der Waals surface area (Å²) < 4.78 is 21.3. The highest BCUT2D eigenvalue weighted by Gasteiger charge is 2.33. The number of aryl methyl sites for hydroxylation is 3. The fraction of sp³-hybridized carbons (Fsp3) is 0.294. The number of carbonyl (C=O) groups excluding carboxylic acids is 5. The van der Waals surface area contributed by atoms with Gasteiger partial charge in [-0.05, 0) is 106 Å². The van der Waals surface area contributed by atoms with Gasteiger partial charge >= 0.3 is 5.97 Å². The average Bonchev–Trinajstić information content (AvgIpc) is 1.64. The minimum atomic E-state index is -0.641. The SMILES string of the molecule is C=C(C)c1nc(CC)c2c(ccn2C(=O)c2sc(Nc3s[nH]c(=O)c3C(N)=NCC(O)CC)nc2CC)n1.C=CC(C)N=C(N)c1c(Nc2ncc(C(=O)n3ccc4nc(OC(C)=O)cc(OC)c43)s2)s[nH]c1=O.CC(=O)Nc1cc(=O)c2c([nH]1)CCN2C(=O)c1sc(Nc2s[nH]c(=O)c2C(N)=NC(C)C)nc1C. The highest BCUT2D eigenvalue weighted by Crippen LogP contribution is 2.36. The number of hydrogen-bond acceptors (Lipinski definition) is 30. The molecule has 109 heavy (non-hydrogen) atoms. The Bertz CT molecular complexity index is 5710. The second-order valence-corrected chi connectivity index (χ2v) is 29.7. The lowest BCUT2D eigenvalue weighted by atomic mass is 10.2. The van der Waals surface area contributed by atoms with Crippen LogP contribution in [0.2, 0.25) is 0 Å². The number of hydrogen-bond donors (Lipinski definition) is 12.